The van der Waals surface area contributed by atoms with E-state index in [0.29, 0.717) is 18.0 Å². The Labute approximate surface area is 109 Å². The van der Waals surface area contributed by atoms with E-state index in [9.17, 15) is 14.9 Å². The number of halogens is 1. The van der Waals surface area contributed by atoms with Crippen LogP contribution in [0.1, 0.15) is 13.3 Å². The number of aliphatic carboxylic acids is 1. The zero-order valence-corrected chi connectivity index (χ0v) is 10.6. The van der Waals surface area contributed by atoms with Crippen LogP contribution in [0.3, 0.4) is 0 Å². The van der Waals surface area contributed by atoms with Crippen molar-refractivity contribution in [1.82, 2.24) is 0 Å². The fourth-order valence-corrected chi connectivity index (χ4v) is 1.79. The number of benzene rings is 1. The van der Waals surface area contributed by atoms with E-state index in [1.54, 1.807) is 0 Å². The van der Waals surface area contributed by atoms with Gasteiger partial charge in [-0.1, -0.05) is 18.5 Å². The van der Waals surface area contributed by atoms with Gasteiger partial charge >= 0.3 is 5.97 Å². The minimum absolute atomic E-state index is 0.144. The zero-order valence-electron chi connectivity index (χ0n) is 9.80. The molecule has 0 unspecified atom stereocenters. The summed E-state index contributed by atoms with van der Waals surface area (Å²) in [5, 5.41) is 20.1. The van der Waals surface area contributed by atoms with E-state index >= 15 is 0 Å². The van der Waals surface area contributed by atoms with Gasteiger partial charge in [0.2, 0.25) is 0 Å². The predicted octanol–water partition coefficient (Wildman–Crippen LogP) is 2.55. The summed E-state index contributed by atoms with van der Waals surface area (Å²) in [4.78, 5) is 22.6. The van der Waals surface area contributed by atoms with Gasteiger partial charge in [0.1, 0.15) is 12.2 Å². The lowest BCUT2D eigenvalue weighted by atomic mass is 10.2. The SMILES string of the molecule is CCCN(CC(=O)O)c1cc(Cl)ccc1[N+](=O)[O-]. The summed E-state index contributed by atoms with van der Waals surface area (Å²) in [7, 11) is 0. The second kappa shape index (κ2) is 6.20. The molecule has 1 aromatic rings. The number of carbonyl (C=O) groups is 1. The third-order valence-electron chi connectivity index (χ3n) is 2.29. The van der Waals surface area contributed by atoms with Crippen molar-refractivity contribution < 1.29 is 14.8 Å². The first-order chi connectivity index (χ1) is 8.45. The number of hydrogen-bond donors (Lipinski definition) is 1. The molecule has 1 aromatic carbocycles. The molecule has 0 saturated heterocycles. The maximum Gasteiger partial charge on any atom is 0.323 e. The van der Waals surface area contributed by atoms with Gasteiger partial charge in [-0.05, 0) is 18.6 Å². The lowest BCUT2D eigenvalue weighted by Crippen LogP contribution is -2.30. The monoisotopic (exact) mass is 272 g/mol. The van der Waals surface area contributed by atoms with Crippen molar-refractivity contribution in [1.29, 1.82) is 0 Å². The molecule has 0 aliphatic heterocycles. The molecule has 1 rings (SSSR count). The van der Waals surface area contributed by atoms with Gasteiger partial charge in [-0.3, -0.25) is 14.9 Å². The van der Waals surface area contributed by atoms with Crippen LogP contribution in [0.4, 0.5) is 11.4 Å². The Morgan fingerprint density at radius 2 is 2.22 bits per heavy atom. The smallest absolute Gasteiger partial charge is 0.323 e. The van der Waals surface area contributed by atoms with Gasteiger partial charge in [0.15, 0.2) is 0 Å². The maximum atomic E-state index is 10.9. The molecule has 1 N–H and O–H groups in total. The molecule has 18 heavy (non-hydrogen) atoms. The Morgan fingerprint density at radius 1 is 1.56 bits per heavy atom. The lowest BCUT2D eigenvalue weighted by Gasteiger charge is -2.22. The predicted molar refractivity (Wildman–Crippen MR) is 68.2 cm³/mol. The van der Waals surface area contributed by atoms with Crippen molar-refractivity contribution in [3.05, 3.63) is 33.3 Å². The first kappa shape index (κ1) is 14.2. The topological polar surface area (TPSA) is 83.7 Å². The lowest BCUT2D eigenvalue weighted by molar-refractivity contribution is -0.384. The summed E-state index contributed by atoms with van der Waals surface area (Å²) in [6.07, 6.45) is 0.678. The Morgan fingerprint density at radius 3 is 2.72 bits per heavy atom. The highest BCUT2D eigenvalue weighted by molar-refractivity contribution is 6.31. The van der Waals surface area contributed by atoms with Crippen LogP contribution in [-0.4, -0.2) is 29.1 Å². The minimum atomic E-state index is -1.04. The highest BCUT2D eigenvalue weighted by atomic mass is 35.5. The molecule has 0 heterocycles. The summed E-state index contributed by atoms with van der Waals surface area (Å²) in [5.74, 6) is -1.04. The van der Waals surface area contributed by atoms with Crippen LogP contribution in [0.5, 0.6) is 0 Å². The van der Waals surface area contributed by atoms with Gasteiger partial charge in [-0.2, -0.15) is 0 Å². The normalized spacial score (nSPS) is 10.1. The molecule has 0 saturated carbocycles. The van der Waals surface area contributed by atoms with E-state index in [0.717, 1.165) is 0 Å². The molecule has 98 valence electrons. The van der Waals surface area contributed by atoms with Crippen LogP contribution < -0.4 is 4.90 Å². The molecule has 0 aliphatic rings. The van der Waals surface area contributed by atoms with Crippen molar-refractivity contribution in [3.8, 4) is 0 Å². The van der Waals surface area contributed by atoms with E-state index in [1.165, 1.54) is 23.1 Å². The first-order valence-corrected chi connectivity index (χ1v) is 5.74. The summed E-state index contributed by atoms with van der Waals surface area (Å²) >= 11 is 5.81. The largest absolute Gasteiger partial charge is 0.480 e. The van der Waals surface area contributed by atoms with Crippen molar-refractivity contribution >= 4 is 28.9 Å². The van der Waals surface area contributed by atoms with Gasteiger partial charge in [-0.25, -0.2) is 0 Å². The number of nitro benzene ring substituents is 1. The second-order valence-corrected chi connectivity index (χ2v) is 4.14. The Bertz CT molecular complexity index is 464. The maximum absolute atomic E-state index is 10.9. The van der Waals surface area contributed by atoms with Crippen LogP contribution in [-0.2, 0) is 4.79 Å². The van der Waals surface area contributed by atoms with Crippen LogP contribution in [0.25, 0.3) is 0 Å². The number of rotatable bonds is 6. The van der Waals surface area contributed by atoms with Gasteiger partial charge in [0.05, 0.1) is 4.92 Å². The number of nitro groups is 1. The first-order valence-electron chi connectivity index (χ1n) is 5.36. The minimum Gasteiger partial charge on any atom is -0.480 e. The molecule has 0 aromatic heterocycles. The fourth-order valence-electron chi connectivity index (χ4n) is 1.62. The average Bonchev–Trinajstić information content (AvgIpc) is 2.27. The van der Waals surface area contributed by atoms with Crippen LogP contribution in [0.2, 0.25) is 5.02 Å². The molecule has 0 atom stereocenters. The van der Waals surface area contributed by atoms with Crippen molar-refractivity contribution in [2.24, 2.45) is 0 Å². The molecular formula is C11H13ClN2O4. The number of carboxylic acid groups (broad SMARTS) is 1. The van der Waals surface area contributed by atoms with E-state index in [1.807, 2.05) is 6.92 Å². The summed E-state index contributed by atoms with van der Waals surface area (Å²) in [6, 6.07) is 4.11. The highest BCUT2D eigenvalue weighted by Gasteiger charge is 2.21. The van der Waals surface area contributed by atoms with Gasteiger partial charge in [0.25, 0.3) is 5.69 Å². The third-order valence-corrected chi connectivity index (χ3v) is 2.53. The van der Waals surface area contributed by atoms with Crippen molar-refractivity contribution in [3.63, 3.8) is 0 Å². The highest BCUT2D eigenvalue weighted by Crippen LogP contribution is 2.31. The summed E-state index contributed by atoms with van der Waals surface area (Å²) in [6.45, 7) is 1.98. The molecular weight excluding hydrogens is 260 g/mol. The van der Waals surface area contributed by atoms with Crippen LogP contribution >= 0.6 is 11.6 Å². The fraction of sp³-hybridized carbons (Fsp3) is 0.364. The number of anilines is 1. The van der Waals surface area contributed by atoms with Gasteiger partial charge in [-0.15, -0.1) is 0 Å². The quantitative estimate of drug-likeness (QED) is 0.635. The molecule has 7 heteroatoms. The molecule has 0 amide bonds. The Balaban J connectivity index is 3.19. The van der Waals surface area contributed by atoms with Crippen molar-refractivity contribution in [2.75, 3.05) is 18.0 Å². The van der Waals surface area contributed by atoms with E-state index in [-0.39, 0.29) is 17.9 Å². The molecule has 0 aliphatic carbocycles. The van der Waals surface area contributed by atoms with Gasteiger partial charge < -0.3 is 10.0 Å². The van der Waals surface area contributed by atoms with Crippen molar-refractivity contribution in [2.45, 2.75) is 13.3 Å². The summed E-state index contributed by atoms with van der Waals surface area (Å²) in [5.41, 5.74) is 0.0888. The van der Waals surface area contributed by atoms with Crippen LogP contribution in [0.15, 0.2) is 18.2 Å². The Kier molecular flexibility index (Phi) is 4.91. The van der Waals surface area contributed by atoms with Gasteiger partial charge in [0, 0.05) is 17.6 Å². The standard InChI is InChI=1S/C11H13ClN2O4/c1-2-5-13(7-11(15)16)10-6-8(12)3-4-9(10)14(17)18/h3-4,6H,2,5,7H2,1H3,(H,15,16). The molecule has 0 spiro atoms. The zero-order chi connectivity index (χ0) is 13.7. The summed E-state index contributed by atoms with van der Waals surface area (Å²) < 4.78 is 0. The Hall–Kier alpha value is -1.82. The number of hydrogen-bond acceptors (Lipinski definition) is 4. The number of carboxylic acids is 1. The molecule has 0 bridgehead atoms. The van der Waals surface area contributed by atoms with E-state index < -0.39 is 10.9 Å². The second-order valence-electron chi connectivity index (χ2n) is 3.71. The van der Waals surface area contributed by atoms with E-state index in [4.69, 9.17) is 16.7 Å². The molecule has 0 fully saturated rings. The molecule has 0 radical (unpaired) electrons. The third kappa shape index (κ3) is 3.59. The number of nitrogens with zero attached hydrogens (tertiary/aromatic N) is 2. The van der Waals surface area contributed by atoms with Crippen LogP contribution in [0, 0.1) is 10.1 Å². The van der Waals surface area contributed by atoms with E-state index in [2.05, 4.69) is 0 Å². The molecule has 6 nitrogen and oxygen atoms in total. The average molecular weight is 273 g/mol.